The zero-order valence-electron chi connectivity index (χ0n) is 15.6. The highest BCUT2D eigenvalue weighted by molar-refractivity contribution is 8.00. The van der Waals surface area contributed by atoms with Gasteiger partial charge in [0.05, 0.1) is 21.5 Å². The smallest absolute Gasteiger partial charge is 0.244 e. The van der Waals surface area contributed by atoms with Gasteiger partial charge >= 0.3 is 0 Å². The third kappa shape index (κ3) is 4.53. The van der Waals surface area contributed by atoms with Gasteiger partial charge in [0.15, 0.2) is 0 Å². The van der Waals surface area contributed by atoms with Crippen molar-refractivity contribution in [3.8, 4) is 0 Å². The normalized spacial score (nSPS) is 18.0. The molecule has 1 N–H and O–H groups in total. The highest BCUT2D eigenvalue weighted by Crippen LogP contribution is 2.29. The van der Waals surface area contributed by atoms with Gasteiger partial charge in [-0.1, -0.05) is 6.07 Å². The van der Waals surface area contributed by atoms with Crippen LogP contribution in [0.2, 0.25) is 0 Å². The maximum atomic E-state index is 13.0. The highest BCUT2D eigenvalue weighted by Gasteiger charge is 2.39. The van der Waals surface area contributed by atoms with Gasteiger partial charge < -0.3 is 5.32 Å². The Balaban J connectivity index is 1.68. The van der Waals surface area contributed by atoms with Crippen LogP contribution in [-0.4, -0.2) is 47.8 Å². The minimum Gasteiger partial charge on any atom is -0.354 e. The summed E-state index contributed by atoms with van der Waals surface area (Å²) in [5.74, 6) is 0.504. The maximum Gasteiger partial charge on any atom is 0.244 e. The molecular weight excluding hydrogens is 402 g/mol. The second-order valence-corrected chi connectivity index (χ2v) is 10.5. The number of aromatic nitrogens is 1. The van der Waals surface area contributed by atoms with Gasteiger partial charge in [-0.3, -0.25) is 4.79 Å². The van der Waals surface area contributed by atoms with E-state index in [0.717, 1.165) is 21.8 Å². The first-order valence-electron chi connectivity index (χ1n) is 8.64. The van der Waals surface area contributed by atoms with Gasteiger partial charge in [0.25, 0.3) is 0 Å². The molecule has 1 aromatic carbocycles. The summed E-state index contributed by atoms with van der Waals surface area (Å²) in [4.78, 5) is 17.2. The van der Waals surface area contributed by atoms with Crippen molar-refractivity contribution in [3.05, 3.63) is 45.4 Å². The van der Waals surface area contributed by atoms with Crippen LogP contribution in [0, 0.1) is 20.8 Å². The molecule has 1 aliphatic rings. The van der Waals surface area contributed by atoms with E-state index in [4.69, 9.17) is 0 Å². The summed E-state index contributed by atoms with van der Waals surface area (Å²) in [6.07, 6.45) is 0.639. The molecule has 27 heavy (non-hydrogen) atoms. The lowest BCUT2D eigenvalue weighted by molar-refractivity contribution is -0.123. The Morgan fingerprint density at radius 3 is 2.74 bits per heavy atom. The van der Waals surface area contributed by atoms with Crippen molar-refractivity contribution in [3.63, 3.8) is 0 Å². The first kappa shape index (κ1) is 20.3. The molecular formula is C18H23N3O3S3. The summed E-state index contributed by atoms with van der Waals surface area (Å²) in [7, 11) is -3.71. The molecule has 0 saturated carbocycles. The number of benzene rings is 1. The van der Waals surface area contributed by atoms with Crippen LogP contribution >= 0.6 is 23.1 Å². The summed E-state index contributed by atoms with van der Waals surface area (Å²) in [6.45, 7) is 6.22. The Bertz CT molecular complexity index is 940. The van der Waals surface area contributed by atoms with Crippen molar-refractivity contribution in [2.75, 3.05) is 18.2 Å². The second kappa shape index (κ2) is 8.30. The van der Waals surface area contributed by atoms with E-state index in [2.05, 4.69) is 10.3 Å². The molecule has 9 heteroatoms. The van der Waals surface area contributed by atoms with Crippen LogP contribution in [0.15, 0.2) is 28.5 Å². The quantitative estimate of drug-likeness (QED) is 0.769. The van der Waals surface area contributed by atoms with Crippen LogP contribution in [-0.2, 0) is 21.2 Å². The number of nitrogens with one attached hydrogen (secondary N) is 1. The van der Waals surface area contributed by atoms with Crippen LogP contribution < -0.4 is 5.32 Å². The third-order valence-electron chi connectivity index (χ3n) is 4.58. The van der Waals surface area contributed by atoms with E-state index in [0.29, 0.717) is 24.6 Å². The van der Waals surface area contributed by atoms with E-state index in [-0.39, 0.29) is 10.8 Å². The number of nitrogens with zero attached hydrogens (tertiary/aromatic N) is 2. The van der Waals surface area contributed by atoms with Crippen molar-refractivity contribution < 1.29 is 13.2 Å². The van der Waals surface area contributed by atoms with Crippen LogP contribution in [0.3, 0.4) is 0 Å². The van der Waals surface area contributed by atoms with E-state index in [1.54, 1.807) is 29.5 Å². The molecule has 1 amide bonds. The molecule has 2 aromatic rings. The van der Waals surface area contributed by atoms with Gasteiger partial charge in [-0.15, -0.1) is 23.1 Å². The molecule has 2 heterocycles. The monoisotopic (exact) mass is 425 g/mol. The lowest BCUT2D eigenvalue weighted by atomic mass is 10.1. The Labute approximate surface area is 168 Å². The molecule has 0 radical (unpaired) electrons. The zero-order chi connectivity index (χ0) is 19.6. The van der Waals surface area contributed by atoms with Crippen molar-refractivity contribution in [1.29, 1.82) is 0 Å². The Morgan fingerprint density at radius 1 is 1.30 bits per heavy atom. The van der Waals surface area contributed by atoms with Gasteiger partial charge in [-0.25, -0.2) is 13.4 Å². The summed E-state index contributed by atoms with van der Waals surface area (Å²) >= 11 is 3.03. The largest absolute Gasteiger partial charge is 0.354 e. The third-order valence-corrected chi connectivity index (χ3v) is 8.43. The van der Waals surface area contributed by atoms with Crippen molar-refractivity contribution in [2.45, 2.75) is 38.1 Å². The minimum atomic E-state index is -3.71. The molecule has 0 unspecified atom stereocenters. The van der Waals surface area contributed by atoms with Crippen molar-refractivity contribution >= 4 is 39.0 Å². The number of thioether (sulfide) groups is 1. The van der Waals surface area contributed by atoms with E-state index in [9.17, 15) is 13.2 Å². The van der Waals surface area contributed by atoms with Crippen LogP contribution in [0.5, 0.6) is 0 Å². The number of carbonyl (C=O) groups is 1. The molecule has 0 spiro atoms. The van der Waals surface area contributed by atoms with Crippen molar-refractivity contribution in [1.82, 2.24) is 14.6 Å². The van der Waals surface area contributed by atoms with Gasteiger partial charge in [-0.05, 0) is 44.0 Å². The van der Waals surface area contributed by atoms with Crippen LogP contribution in [0.4, 0.5) is 0 Å². The van der Waals surface area contributed by atoms with Gasteiger partial charge in [0.2, 0.25) is 15.9 Å². The first-order chi connectivity index (χ1) is 12.8. The molecule has 1 fully saturated rings. The number of thiazole rings is 1. The van der Waals surface area contributed by atoms with Gasteiger partial charge in [0, 0.05) is 24.1 Å². The Kier molecular flexibility index (Phi) is 6.25. The Morgan fingerprint density at radius 2 is 2.07 bits per heavy atom. The summed E-state index contributed by atoms with van der Waals surface area (Å²) in [5.41, 5.74) is 2.90. The molecule has 146 valence electrons. The summed E-state index contributed by atoms with van der Waals surface area (Å²) in [6, 6.07) is 4.41. The molecule has 1 aromatic heterocycles. The molecule has 0 aliphatic carbocycles. The summed E-state index contributed by atoms with van der Waals surface area (Å²) in [5, 5.41) is 5.83. The van der Waals surface area contributed by atoms with E-state index < -0.39 is 16.1 Å². The molecule has 3 rings (SSSR count). The van der Waals surface area contributed by atoms with Gasteiger partial charge in [-0.2, -0.15) is 4.31 Å². The average Bonchev–Trinajstić information content (AvgIpc) is 3.26. The first-order valence-corrected chi connectivity index (χ1v) is 12.1. The lowest BCUT2D eigenvalue weighted by Gasteiger charge is -2.23. The number of amides is 1. The number of hydrogen-bond acceptors (Lipinski definition) is 6. The topological polar surface area (TPSA) is 79.4 Å². The van der Waals surface area contributed by atoms with Crippen LogP contribution in [0.1, 0.15) is 21.8 Å². The molecule has 6 nitrogen and oxygen atoms in total. The summed E-state index contributed by atoms with van der Waals surface area (Å²) < 4.78 is 27.4. The number of sulfonamides is 1. The minimum absolute atomic E-state index is 0.240. The zero-order valence-corrected chi connectivity index (χ0v) is 18.0. The number of carbonyl (C=O) groups excluding carboxylic acids is 1. The number of hydrogen-bond donors (Lipinski definition) is 1. The van der Waals surface area contributed by atoms with E-state index >= 15 is 0 Å². The Hall–Kier alpha value is -1.42. The fraction of sp³-hybridized carbons (Fsp3) is 0.444. The van der Waals surface area contributed by atoms with Gasteiger partial charge in [0.1, 0.15) is 6.04 Å². The average molecular weight is 426 g/mol. The predicted octanol–water partition coefficient (Wildman–Crippen LogP) is 2.49. The SMILES string of the molecule is Cc1nc(CCNC(=O)[C@H]2CSCN2S(=O)(=O)c2ccc(C)c(C)c2)cs1. The molecule has 1 saturated heterocycles. The van der Waals surface area contributed by atoms with E-state index in [1.807, 2.05) is 26.2 Å². The molecule has 0 bridgehead atoms. The van der Waals surface area contributed by atoms with Crippen LogP contribution in [0.25, 0.3) is 0 Å². The molecule has 1 atom stereocenters. The molecule has 1 aliphatic heterocycles. The van der Waals surface area contributed by atoms with E-state index in [1.165, 1.54) is 16.1 Å². The van der Waals surface area contributed by atoms with Crippen molar-refractivity contribution in [2.24, 2.45) is 0 Å². The fourth-order valence-electron chi connectivity index (χ4n) is 2.84. The fourth-order valence-corrected chi connectivity index (χ4v) is 6.72. The lowest BCUT2D eigenvalue weighted by Crippen LogP contribution is -2.47. The highest BCUT2D eigenvalue weighted by atomic mass is 32.2. The predicted molar refractivity (Wildman–Crippen MR) is 110 cm³/mol. The maximum absolute atomic E-state index is 13.0. The number of aryl methyl sites for hydroxylation is 3. The number of rotatable bonds is 6. The standard InChI is InChI=1S/C18H23N3O3S3/c1-12-4-5-16(8-13(12)2)27(23,24)21-11-25-10-17(21)18(22)19-7-6-15-9-26-14(3)20-15/h4-5,8-9,17H,6-7,10-11H2,1-3H3,(H,19,22)/t17-/m1/s1. The second-order valence-electron chi connectivity index (χ2n) is 6.55.